The van der Waals surface area contributed by atoms with Crippen molar-refractivity contribution >= 4 is 0 Å². The van der Waals surface area contributed by atoms with Crippen molar-refractivity contribution in [1.29, 1.82) is 0 Å². The topological polar surface area (TPSA) is 30.5 Å². The van der Waals surface area contributed by atoms with Crippen LogP contribution in [0.25, 0.3) is 0 Å². The van der Waals surface area contributed by atoms with Gasteiger partial charge in [-0.2, -0.15) is 0 Å². The largest absolute Gasteiger partial charge is 0.451 e. The van der Waals surface area contributed by atoms with E-state index in [-0.39, 0.29) is 0 Å². The van der Waals surface area contributed by atoms with Crippen molar-refractivity contribution in [3.63, 3.8) is 0 Å². The van der Waals surface area contributed by atoms with E-state index in [9.17, 15) is 0 Å². The highest BCUT2D eigenvalue weighted by Gasteiger charge is 2.27. The predicted octanol–water partition coefficient (Wildman–Crippen LogP) is 2.27. The summed E-state index contributed by atoms with van der Waals surface area (Å²) < 4.78 is 18.9. The van der Waals surface area contributed by atoms with Crippen molar-refractivity contribution in [3.05, 3.63) is 23.8 Å². The standard InChI is InChI=1S/C13H17NO2/c1-9-15-12-4-2-3-11(13(12)16-9)10-5-7-14-8-6-10/h2-4,9-10,14H,5-8H2,1H3/i9D. The molecule has 2 heterocycles. The van der Waals surface area contributed by atoms with Crippen LogP contribution in [0, 0.1) is 0 Å². The van der Waals surface area contributed by atoms with Gasteiger partial charge in [0.05, 0.1) is 0 Å². The molecule has 0 aliphatic carbocycles. The average molecular weight is 220 g/mol. The van der Waals surface area contributed by atoms with Crippen LogP contribution in [0.15, 0.2) is 18.2 Å². The SMILES string of the molecule is [2H]C1(C)Oc2cccc(C3CCNCC3)c2O1. The second-order valence-electron chi connectivity index (χ2n) is 4.39. The second-order valence-corrected chi connectivity index (χ2v) is 4.39. The Kier molecular flexibility index (Phi) is 2.21. The van der Waals surface area contributed by atoms with Gasteiger partial charge in [0, 0.05) is 12.5 Å². The maximum absolute atomic E-state index is 7.83. The summed E-state index contributed by atoms with van der Waals surface area (Å²) in [5, 5.41) is 3.36. The molecule has 0 radical (unpaired) electrons. The van der Waals surface area contributed by atoms with Gasteiger partial charge in [0.15, 0.2) is 11.5 Å². The van der Waals surface area contributed by atoms with Gasteiger partial charge in [0.2, 0.25) is 6.27 Å². The van der Waals surface area contributed by atoms with Crippen LogP contribution in [-0.2, 0) is 0 Å². The van der Waals surface area contributed by atoms with Crippen molar-refractivity contribution < 1.29 is 10.8 Å². The number of rotatable bonds is 1. The van der Waals surface area contributed by atoms with E-state index < -0.39 is 6.27 Å². The van der Waals surface area contributed by atoms with Crippen molar-refractivity contribution in [3.8, 4) is 11.5 Å². The Morgan fingerprint density at radius 3 is 2.94 bits per heavy atom. The fraction of sp³-hybridized carbons (Fsp3) is 0.538. The Bertz CT molecular complexity index is 427. The Balaban J connectivity index is 1.94. The molecule has 1 saturated heterocycles. The minimum Gasteiger partial charge on any atom is -0.451 e. The van der Waals surface area contributed by atoms with E-state index >= 15 is 0 Å². The highest BCUT2D eigenvalue weighted by Crippen LogP contribution is 2.43. The predicted molar refractivity (Wildman–Crippen MR) is 62.0 cm³/mol. The zero-order chi connectivity index (χ0) is 11.9. The van der Waals surface area contributed by atoms with E-state index in [1.807, 2.05) is 12.1 Å². The summed E-state index contributed by atoms with van der Waals surface area (Å²) in [6.45, 7) is 3.72. The summed E-state index contributed by atoms with van der Waals surface area (Å²) in [5.41, 5.74) is 1.19. The van der Waals surface area contributed by atoms with Crippen LogP contribution < -0.4 is 14.8 Å². The minimum absolute atomic E-state index is 0.517. The van der Waals surface area contributed by atoms with Crippen LogP contribution >= 0.6 is 0 Å². The third-order valence-corrected chi connectivity index (χ3v) is 3.29. The molecular formula is C13H17NO2. The molecule has 0 bridgehead atoms. The van der Waals surface area contributed by atoms with Gasteiger partial charge in [-0.05, 0) is 37.9 Å². The molecular weight excluding hydrogens is 202 g/mol. The molecule has 1 aromatic rings. The van der Waals surface area contributed by atoms with E-state index in [1.54, 1.807) is 6.92 Å². The van der Waals surface area contributed by atoms with Crippen LogP contribution in [0.5, 0.6) is 11.5 Å². The number of fused-ring (bicyclic) bond motifs is 1. The van der Waals surface area contributed by atoms with Gasteiger partial charge in [-0.15, -0.1) is 0 Å². The van der Waals surface area contributed by atoms with Crippen LogP contribution in [-0.4, -0.2) is 19.4 Å². The normalized spacial score (nSPS) is 30.2. The number of piperidine rings is 1. The lowest BCUT2D eigenvalue weighted by molar-refractivity contribution is 0.0671. The Labute approximate surface area is 97.2 Å². The maximum Gasteiger partial charge on any atom is 0.238 e. The highest BCUT2D eigenvalue weighted by molar-refractivity contribution is 5.50. The van der Waals surface area contributed by atoms with E-state index in [4.69, 9.17) is 10.8 Å². The lowest BCUT2D eigenvalue weighted by atomic mass is 9.89. The lowest BCUT2D eigenvalue weighted by Gasteiger charge is -2.23. The molecule has 3 heteroatoms. The average Bonchev–Trinajstić information content (AvgIpc) is 2.63. The number of benzene rings is 1. The van der Waals surface area contributed by atoms with Gasteiger partial charge in [0.1, 0.15) is 1.37 Å². The molecule has 1 unspecified atom stereocenters. The molecule has 3 rings (SSSR count). The first-order valence-corrected chi connectivity index (χ1v) is 5.87. The first kappa shape index (κ1) is 8.88. The van der Waals surface area contributed by atoms with E-state index in [1.165, 1.54) is 5.56 Å². The third-order valence-electron chi connectivity index (χ3n) is 3.29. The summed E-state index contributed by atoms with van der Waals surface area (Å²) >= 11 is 0. The molecule has 0 aromatic heterocycles. The van der Waals surface area contributed by atoms with E-state index in [2.05, 4.69) is 11.4 Å². The van der Waals surface area contributed by atoms with Gasteiger partial charge >= 0.3 is 0 Å². The first-order chi connectivity index (χ1) is 8.16. The molecule has 2 aliphatic heterocycles. The fourth-order valence-electron chi connectivity index (χ4n) is 2.50. The second kappa shape index (κ2) is 3.98. The number of para-hydroxylation sites is 1. The zero-order valence-corrected chi connectivity index (χ0v) is 9.45. The third kappa shape index (κ3) is 1.65. The molecule has 1 fully saturated rings. The van der Waals surface area contributed by atoms with Crippen molar-refractivity contribution in [2.75, 3.05) is 13.1 Å². The monoisotopic (exact) mass is 220 g/mol. The van der Waals surface area contributed by atoms with Crippen LogP contribution in [0.4, 0.5) is 0 Å². The van der Waals surface area contributed by atoms with Crippen molar-refractivity contribution in [1.82, 2.24) is 5.32 Å². The summed E-state index contributed by atoms with van der Waals surface area (Å²) in [6.07, 6.45) is 0.967. The molecule has 1 atom stereocenters. The van der Waals surface area contributed by atoms with E-state index in [0.717, 1.165) is 31.7 Å². The fourth-order valence-corrected chi connectivity index (χ4v) is 2.50. The molecule has 1 N–H and O–H groups in total. The van der Waals surface area contributed by atoms with Gasteiger partial charge < -0.3 is 14.8 Å². The lowest BCUT2D eigenvalue weighted by Crippen LogP contribution is -2.26. The minimum atomic E-state index is -1.27. The quantitative estimate of drug-likeness (QED) is 0.787. The zero-order valence-electron chi connectivity index (χ0n) is 10.5. The maximum atomic E-state index is 7.83. The molecule has 0 saturated carbocycles. The number of ether oxygens (including phenoxy) is 2. The molecule has 3 nitrogen and oxygen atoms in total. The number of nitrogens with one attached hydrogen (secondary N) is 1. The van der Waals surface area contributed by atoms with Crippen molar-refractivity contribution in [2.24, 2.45) is 0 Å². The Morgan fingerprint density at radius 2 is 2.12 bits per heavy atom. The number of hydrogen-bond acceptors (Lipinski definition) is 3. The molecule has 0 spiro atoms. The first-order valence-electron chi connectivity index (χ1n) is 6.37. The Hall–Kier alpha value is -1.22. The van der Waals surface area contributed by atoms with Crippen molar-refractivity contribution in [2.45, 2.75) is 31.9 Å². The molecule has 2 aliphatic rings. The van der Waals surface area contributed by atoms with Crippen LogP contribution in [0.3, 0.4) is 0 Å². The smallest absolute Gasteiger partial charge is 0.238 e. The van der Waals surface area contributed by atoms with Gasteiger partial charge in [0.25, 0.3) is 0 Å². The molecule has 16 heavy (non-hydrogen) atoms. The summed E-state index contributed by atoms with van der Waals surface area (Å²) in [7, 11) is 0. The van der Waals surface area contributed by atoms with Gasteiger partial charge in [-0.25, -0.2) is 0 Å². The van der Waals surface area contributed by atoms with Crippen LogP contribution in [0.1, 0.15) is 32.6 Å². The molecule has 0 amide bonds. The van der Waals surface area contributed by atoms with E-state index in [0.29, 0.717) is 11.7 Å². The number of hydrogen-bond donors (Lipinski definition) is 1. The summed E-state index contributed by atoms with van der Waals surface area (Å²) in [5.74, 6) is 2.00. The molecule has 86 valence electrons. The Morgan fingerprint density at radius 1 is 1.31 bits per heavy atom. The van der Waals surface area contributed by atoms with Gasteiger partial charge in [-0.3, -0.25) is 0 Å². The highest BCUT2D eigenvalue weighted by atomic mass is 16.7. The van der Waals surface area contributed by atoms with Crippen LogP contribution in [0.2, 0.25) is 0 Å². The molecule has 1 aromatic carbocycles. The summed E-state index contributed by atoms with van der Waals surface area (Å²) in [6, 6.07) is 5.96. The van der Waals surface area contributed by atoms with Gasteiger partial charge in [-0.1, -0.05) is 12.1 Å². The summed E-state index contributed by atoms with van der Waals surface area (Å²) in [4.78, 5) is 0.